The Hall–Kier alpha value is -2.04. The van der Waals surface area contributed by atoms with Gasteiger partial charge >= 0.3 is 5.97 Å². The van der Waals surface area contributed by atoms with E-state index < -0.39 is 5.97 Å². The molecule has 2 fully saturated rings. The fraction of sp³-hybridized carbons (Fsp3) is 0.818. The monoisotopic (exact) mass is 451 g/mol. The summed E-state index contributed by atoms with van der Waals surface area (Å²) in [6.07, 6.45) is 8.49. The second-order valence-electron chi connectivity index (χ2n) is 8.79. The Balaban J connectivity index is 1.38. The molecular weight excluding hydrogens is 414 g/mol. The van der Waals surface area contributed by atoms with Gasteiger partial charge in [-0.05, 0) is 51.6 Å². The van der Waals surface area contributed by atoms with Gasteiger partial charge in [0.15, 0.2) is 0 Å². The first-order valence-corrected chi connectivity index (χ1v) is 11.9. The van der Waals surface area contributed by atoms with Crippen molar-refractivity contribution in [3.05, 3.63) is 11.9 Å². The molecule has 1 aliphatic carbocycles. The van der Waals surface area contributed by atoms with Gasteiger partial charge in [0, 0.05) is 50.6 Å². The molecule has 2 N–H and O–H groups in total. The number of hydrogen-bond acceptors (Lipinski definition) is 7. The van der Waals surface area contributed by atoms with E-state index >= 15 is 0 Å². The summed E-state index contributed by atoms with van der Waals surface area (Å²) in [5.74, 6) is -0.441. The third-order valence-corrected chi connectivity index (χ3v) is 6.50. The number of piperidine rings is 1. The molecule has 1 aliphatic heterocycles. The van der Waals surface area contributed by atoms with Crippen molar-refractivity contribution < 1.29 is 24.5 Å². The molecule has 1 amide bonds. The number of amides is 1. The number of aryl methyl sites for hydroxylation is 1. The van der Waals surface area contributed by atoms with E-state index in [2.05, 4.69) is 15.2 Å². The summed E-state index contributed by atoms with van der Waals surface area (Å²) in [5, 5.41) is 25.9. The average Bonchev–Trinajstić information content (AvgIpc) is 3.20. The Morgan fingerprint density at radius 3 is 2.59 bits per heavy atom. The molecule has 32 heavy (non-hydrogen) atoms. The third kappa shape index (κ3) is 7.53. The van der Waals surface area contributed by atoms with Crippen LogP contribution in [-0.2, 0) is 27.3 Å². The van der Waals surface area contributed by atoms with Gasteiger partial charge in [0.2, 0.25) is 5.91 Å². The van der Waals surface area contributed by atoms with E-state index in [1.165, 1.54) is 6.42 Å². The Kier molecular flexibility index (Phi) is 9.89. The zero-order chi connectivity index (χ0) is 22.8. The minimum absolute atomic E-state index is 0.0108. The van der Waals surface area contributed by atoms with E-state index in [0.29, 0.717) is 38.8 Å². The molecule has 0 unspecified atom stereocenters. The topological polar surface area (TPSA) is 121 Å². The number of carboxylic acid groups (broad SMARTS) is 1. The maximum absolute atomic E-state index is 13.2. The maximum atomic E-state index is 13.2. The minimum Gasteiger partial charge on any atom is -0.481 e. The van der Waals surface area contributed by atoms with Crippen LogP contribution in [0.15, 0.2) is 6.20 Å². The first-order valence-electron chi connectivity index (χ1n) is 11.9. The lowest BCUT2D eigenvalue weighted by molar-refractivity contribution is -0.142. The van der Waals surface area contributed by atoms with Crippen molar-refractivity contribution in [2.24, 2.45) is 5.92 Å². The van der Waals surface area contributed by atoms with E-state index in [9.17, 15) is 9.59 Å². The van der Waals surface area contributed by atoms with Crippen LogP contribution in [0.5, 0.6) is 0 Å². The molecule has 0 atom stereocenters. The highest BCUT2D eigenvalue weighted by Gasteiger charge is 2.34. The fourth-order valence-electron chi connectivity index (χ4n) is 4.37. The van der Waals surface area contributed by atoms with Crippen molar-refractivity contribution >= 4 is 11.9 Å². The molecule has 1 aromatic rings. The maximum Gasteiger partial charge on any atom is 0.303 e. The van der Waals surface area contributed by atoms with E-state index in [4.69, 9.17) is 14.9 Å². The van der Waals surface area contributed by atoms with Crippen molar-refractivity contribution in [3.63, 3.8) is 0 Å². The molecule has 0 bridgehead atoms. The van der Waals surface area contributed by atoms with Gasteiger partial charge in [-0.25, -0.2) is 0 Å². The van der Waals surface area contributed by atoms with E-state index in [0.717, 1.165) is 57.4 Å². The van der Waals surface area contributed by atoms with Crippen molar-refractivity contribution in [1.82, 2.24) is 24.8 Å². The zero-order valence-electron chi connectivity index (χ0n) is 18.9. The number of carbonyl (C=O) groups is 2. The lowest BCUT2D eigenvalue weighted by Crippen LogP contribution is -2.50. The first kappa shape index (κ1) is 24.6. The van der Waals surface area contributed by atoms with Crippen molar-refractivity contribution in [3.8, 4) is 0 Å². The Bertz CT molecular complexity index is 715. The lowest BCUT2D eigenvalue weighted by atomic mass is 9.88. The van der Waals surface area contributed by atoms with Crippen molar-refractivity contribution in [2.75, 3.05) is 46.0 Å². The van der Waals surface area contributed by atoms with Crippen LogP contribution in [0.3, 0.4) is 0 Å². The molecule has 0 spiro atoms. The predicted molar refractivity (Wildman–Crippen MR) is 117 cm³/mol. The molecule has 1 saturated heterocycles. The molecule has 10 heteroatoms. The highest BCUT2D eigenvalue weighted by Crippen LogP contribution is 2.28. The van der Waals surface area contributed by atoms with Crippen LogP contribution in [0, 0.1) is 5.92 Å². The van der Waals surface area contributed by atoms with E-state index in [1.807, 2.05) is 11.1 Å². The molecule has 0 radical (unpaired) electrons. The molecule has 180 valence electrons. The van der Waals surface area contributed by atoms with Crippen molar-refractivity contribution in [2.45, 2.75) is 64.0 Å². The van der Waals surface area contributed by atoms with Gasteiger partial charge in [0.1, 0.15) is 0 Å². The number of likely N-dealkylation sites (tertiary alicyclic amines) is 1. The SMILES string of the molecule is O=C(O)CCCn1cc(CCN2CCC(C(=O)N(CCOCCO)C3CCC3)CC2)nn1. The number of aromatic nitrogens is 3. The van der Waals surface area contributed by atoms with Crippen LogP contribution in [-0.4, -0.2) is 98.9 Å². The van der Waals surface area contributed by atoms with Gasteiger partial charge in [-0.3, -0.25) is 14.3 Å². The Morgan fingerprint density at radius 1 is 1.16 bits per heavy atom. The second kappa shape index (κ2) is 12.9. The molecular formula is C22H37N5O5. The van der Waals surface area contributed by atoms with Crippen LogP contribution < -0.4 is 0 Å². The van der Waals surface area contributed by atoms with Gasteiger partial charge in [0.25, 0.3) is 0 Å². The average molecular weight is 452 g/mol. The number of nitrogens with zero attached hydrogens (tertiary/aromatic N) is 5. The van der Waals surface area contributed by atoms with Gasteiger partial charge < -0.3 is 24.7 Å². The normalized spacial score (nSPS) is 17.9. The largest absolute Gasteiger partial charge is 0.481 e. The standard InChI is InChI=1S/C22H37N5O5/c28-14-16-32-15-13-27(20-3-1-4-20)22(31)18-6-10-25(11-7-18)12-8-19-17-26(24-23-19)9-2-5-21(29)30/h17-18,20,28H,1-16H2,(H,29,30). The summed E-state index contributed by atoms with van der Waals surface area (Å²) in [4.78, 5) is 28.2. The summed E-state index contributed by atoms with van der Waals surface area (Å²) < 4.78 is 7.11. The summed E-state index contributed by atoms with van der Waals surface area (Å²) in [5.41, 5.74) is 0.914. The Labute approximate surface area is 189 Å². The minimum atomic E-state index is -0.793. The number of rotatable bonds is 14. The Morgan fingerprint density at radius 2 is 1.94 bits per heavy atom. The van der Waals surface area contributed by atoms with Crippen molar-refractivity contribution in [1.29, 1.82) is 0 Å². The summed E-state index contributed by atoms with van der Waals surface area (Å²) >= 11 is 0. The van der Waals surface area contributed by atoms with Crippen LogP contribution in [0.25, 0.3) is 0 Å². The molecule has 10 nitrogen and oxygen atoms in total. The van der Waals surface area contributed by atoms with Gasteiger partial charge in [-0.15, -0.1) is 5.10 Å². The summed E-state index contributed by atoms with van der Waals surface area (Å²) in [7, 11) is 0. The zero-order valence-corrected chi connectivity index (χ0v) is 18.9. The first-order chi connectivity index (χ1) is 15.6. The summed E-state index contributed by atoms with van der Waals surface area (Å²) in [6, 6.07) is 0.358. The van der Waals surface area contributed by atoms with Gasteiger partial charge in [-0.2, -0.15) is 0 Å². The number of aliphatic hydroxyl groups is 1. The smallest absolute Gasteiger partial charge is 0.303 e. The van der Waals surface area contributed by atoms with Gasteiger partial charge in [-0.1, -0.05) is 5.21 Å². The number of carboxylic acids is 1. The molecule has 2 heterocycles. The van der Waals surface area contributed by atoms with Gasteiger partial charge in [0.05, 0.1) is 25.5 Å². The lowest BCUT2D eigenvalue weighted by Gasteiger charge is -2.41. The fourth-order valence-corrected chi connectivity index (χ4v) is 4.37. The number of carbonyl (C=O) groups excluding carboxylic acids is 1. The third-order valence-electron chi connectivity index (χ3n) is 6.50. The molecule has 2 aliphatic rings. The highest BCUT2D eigenvalue weighted by molar-refractivity contribution is 5.79. The number of aliphatic carboxylic acids is 1. The number of aliphatic hydroxyl groups excluding tert-OH is 1. The quantitative estimate of drug-likeness (QED) is 0.398. The summed E-state index contributed by atoms with van der Waals surface area (Å²) in [6.45, 7) is 4.69. The van der Waals surface area contributed by atoms with E-state index in [1.54, 1.807) is 4.68 Å². The van der Waals surface area contributed by atoms with Crippen LogP contribution in [0.1, 0.15) is 50.6 Å². The number of ether oxygens (including phenoxy) is 1. The second-order valence-corrected chi connectivity index (χ2v) is 8.79. The van der Waals surface area contributed by atoms with Crippen LogP contribution in [0.2, 0.25) is 0 Å². The predicted octanol–water partition coefficient (Wildman–Crippen LogP) is 0.787. The molecule has 3 rings (SSSR count). The molecule has 1 saturated carbocycles. The van der Waals surface area contributed by atoms with Crippen LogP contribution in [0.4, 0.5) is 0 Å². The number of hydrogen-bond donors (Lipinski definition) is 2. The van der Waals surface area contributed by atoms with E-state index in [-0.39, 0.29) is 24.9 Å². The highest BCUT2D eigenvalue weighted by atomic mass is 16.5. The molecule has 0 aromatic carbocycles. The molecule has 1 aromatic heterocycles. The van der Waals surface area contributed by atoms with Crippen LogP contribution >= 0.6 is 0 Å².